The highest BCUT2D eigenvalue weighted by molar-refractivity contribution is 4.92. The van der Waals surface area contributed by atoms with Gasteiger partial charge in [-0.05, 0) is 45.2 Å². The molecule has 0 aromatic carbocycles. The molecule has 0 amide bonds. The summed E-state index contributed by atoms with van der Waals surface area (Å²) in [7, 11) is 2.38. The van der Waals surface area contributed by atoms with Gasteiger partial charge in [0, 0.05) is 18.1 Å². The Hall–Kier alpha value is -0.0800. The third-order valence-corrected chi connectivity index (χ3v) is 4.84. The Kier molecular flexibility index (Phi) is 4.87. The first-order chi connectivity index (χ1) is 8.18. The molecule has 2 nitrogen and oxygen atoms in total. The van der Waals surface area contributed by atoms with Crippen molar-refractivity contribution >= 4 is 0 Å². The van der Waals surface area contributed by atoms with Crippen LogP contribution in [-0.2, 0) is 0 Å². The van der Waals surface area contributed by atoms with Crippen LogP contribution in [-0.4, -0.2) is 36.6 Å². The number of nitrogens with zero attached hydrogens (tertiary/aromatic N) is 1. The van der Waals surface area contributed by atoms with Crippen molar-refractivity contribution in [3.05, 3.63) is 0 Å². The maximum Gasteiger partial charge on any atom is 0.0136 e. The summed E-state index contributed by atoms with van der Waals surface area (Å²) < 4.78 is 0. The maximum absolute atomic E-state index is 3.61. The van der Waals surface area contributed by atoms with Gasteiger partial charge in [0.05, 0.1) is 0 Å². The van der Waals surface area contributed by atoms with Crippen molar-refractivity contribution in [3.63, 3.8) is 0 Å². The fourth-order valence-corrected chi connectivity index (χ4v) is 3.47. The lowest BCUT2D eigenvalue weighted by Crippen LogP contribution is -2.53. The molecule has 2 saturated carbocycles. The van der Waals surface area contributed by atoms with Crippen LogP contribution in [0, 0.1) is 5.92 Å². The highest BCUT2D eigenvalue weighted by Crippen LogP contribution is 2.35. The third kappa shape index (κ3) is 3.45. The predicted octanol–water partition coefficient (Wildman–Crippen LogP) is 3.03. The predicted molar refractivity (Wildman–Crippen MR) is 74.3 cm³/mol. The van der Waals surface area contributed by atoms with Gasteiger partial charge >= 0.3 is 0 Å². The SMILES string of the molecule is CC(C)NCC1CCC1N(C)C1CCCCC1. The summed E-state index contributed by atoms with van der Waals surface area (Å²) >= 11 is 0. The van der Waals surface area contributed by atoms with Crippen LogP contribution in [0.2, 0.25) is 0 Å². The number of nitrogens with one attached hydrogen (secondary N) is 1. The first-order valence-electron chi connectivity index (χ1n) is 7.64. The van der Waals surface area contributed by atoms with Gasteiger partial charge in [-0.1, -0.05) is 33.1 Å². The monoisotopic (exact) mass is 238 g/mol. The van der Waals surface area contributed by atoms with E-state index < -0.39 is 0 Å². The molecule has 0 aromatic heterocycles. The van der Waals surface area contributed by atoms with E-state index in [1.54, 1.807) is 0 Å². The molecule has 0 heterocycles. The Bertz CT molecular complexity index is 221. The van der Waals surface area contributed by atoms with Gasteiger partial charge in [-0.25, -0.2) is 0 Å². The van der Waals surface area contributed by atoms with E-state index >= 15 is 0 Å². The largest absolute Gasteiger partial charge is 0.314 e. The second-order valence-corrected chi connectivity index (χ2v) is 6.43. The average Bonchev–Trinajstić information content (AvgIpc) is 2.28. The molecule has 2 fully saturated rings. The minimum atomic E-state index is 0.635. The molecular weight excluding hydrogens is 208 g/mol. The molecule has 0 radical (unpaired) electrons. The van der Waals surface area contributed by atoms with Gasteiger partial charge in [0.25, 0.3) is 0 Å². The Morgan fingerprint density at radius 1 is 1.06 bits per heavy atom. The Morgan fingerprint density at radius 2 is 1.76 bits per heavy atom. The summed E-state index contributed by atoms with van der Waals surface area (Å²) in [5, 5.41) is 3.61. The second kappa shape index (κ2) is 6.19. The summed E-state index contributed by atoms with van der Waals surface area (Å²) in [6, 6.07) is 2.39. The lowest BCUT2D eigenvalue weighted by Gasteiger charge is -2.47. The molecule has 0 aromatic rings. The molecule has 100 valence electrons. The van der Waals surface area contributed by atoms with E-state index in [2.05, 4.69) is 31.1 Å². The molecule has 2 aliphatic rings. The zero-order valence-electron chi connectivity index (χ0n) is 11.9. The molecule has 2 aliphatic carbocycles. The molecule has 2 heteroatoms. The zero-order valence-corrected chi connectivity index (χ0v) is 11.9. The lowest BCUT2D eigenvalue weighted by molar-refractivity contribution is 0.0355. The summed E-state index contributed by atoms with van der Waals surface area (Å²) in [5.74, 6) is 0.907. The quantitative estimate of drug-likeness (QED) is 0.792. The average molecular weight is 238 g/mol. The standard InChI is InChI=1S/C15H30N2/c1-12(2)16-11-13-9-10-15(13)17(3)14-7-5-4-6-8-14/h12-16H,4-11H2,1-3H3. The van der Waals surface area contributed by atoms with Crippen LogP contribution in [0.1, 0.15) is 58.8 Å². The number of rotatable bonds is 5. The molecule has 0 spiro atoms. The van der Waals surface area contributed by atoms with E-state index in [1.165, 1.54) is 51.5 Å². The van der Waals surface area contributed by atoms with E-state index in [9.17, 15) is 0 Å². The van der Waals surface area contributed by atoms with Crippen LogP contribution in [0.3, 0.4) is 0 Å². The highest BCUT2D eigenvalue weighted by Gasteiger charge is 2.36. The maximum atomic E-state index is 3.61. The summed E-state index contributed by atoms with van der Waals surface area (Å²) in [5.41, 5.74) is 0. The van der Waals surface area contributed by atoms with Gasteiger partial charge in [0.2, 0.25) is 0 Å². The van der Waals surface area contributed by atoms with Crippen molar-refractivity contribution in [1.29, 1.82) is 0 Å². The van der Waals surface area contributed by atoms with Gasteiger partial charge in [0.15, 0.2) is 0 Å². The molecule has 1 N–H and O–H groups in total. The Morgan fingerprint density at radius 3 is 2.29 bits per heavy atom. The van der Waals surface area contributed by atoms with E-state index in [0.717, 1.165) is 18.0 Å². The highest BCUT2D eigenvalue weighted by atomic mass is 15.2. The number of hydrogen-bond donors (Lipinski definition) is 1. The van der Waals surface area contributed by atoms with Gasteiger partial charge < -0.3 is 10.2 Å². The molecule has 0 bridgehead atoms. The fraction of sp³-hybridized carbons (Fsp3) is 1.00. The van der Waals surface area contributed by atoms with Crippen molar-refractivity contribution in [1.82, 2.24) is 10.2 Å². The summed E-state index contributed by atoms with van der Waals surface area (Å²) in [4.78, 5) is 2.72. The van der Waals surface area contributed by atoms with E-state index in [-0.39, 0.29) is 0 Å². The van der Waals surface area contributed by atoms with Crippen molar-refractivity contribution in [2.45, 2.75) is 76.9 Å². The Balaban J connectivity index is 1.76. The van der Waals surface area contributed by atoms with Crippen molar-refractivity contribution in [2.75, 3.05) is 13.6 Å². The first kappa shape index (κ1) is 13.4. The van der Waals surface area contributed by atoms with Gasteiger partial charge in [0.1, 0.15) is 0 Å². The fourth-order valence-electron chi connectivity index (χ4n) is 3.47. The molecule has 2 unspecified atom stereocenters. The normalized spacial score (nSPS) is 30.9. The van der Waals surface area contributed by atoms with Crippen LogP contribution in [0.4, 0.5) is 0 Å². The zero-order chi connectivity index (χ0) is 12.3. The van der Waals surface area contributed by atoms with E-state index in [1.807, 2.05) is 0 Å². The molecule has 2 rings (SSSR count). The van der Waals surface area contributed by atoms with Crippen LogP contribution < -0.4 is 5.32 Å². The summed E-state index contributed by atoms with van der Waals surface area (Å²) in [6.07, 6.45) is 10.1. The third-order valence-electron chi connectivity index (χ3n) is 4.84. The second-order valence-electron chi connectivity index (χ2n) is 6.43. The van der Waals surface area contributed by atoms with Gasteiger partial charge in [-0.3, -0.25) is 0 Å². The van der Waals surface area contributed by atoms with Crippen LogP contribution in [0.15, 0.2) is 0 Å². The van der Waals surface area contributed by atoms with Crippen LogP contribution >= 0.6 is 0 Å². The topological polar surface area (TPSA) is 15.3 Å². The van der Waals surface area contributed by atoms with Crippen LogP contribution in [0.25, 0.3) is 0 Å². The minimum Gasteiger partial charge on any atom is -0.314 e. The van der Waals surface area contributed by atoms with Gasteiger partial charge in [-0.2, -0.15) is 0 Å². The molecular formula is C15H30N2. The number of hydrogen-bond acceptors (Lipinski definition) is 2. The first-order valence-corrected chi connectivity index (χ1v) is 7.64. The van der Waals surface area contributed by atoms with E-state index in [0.29, 0.717) is 6.04 Å². The van der Waals surface area contributed by atoms with Crippen molar-refractivity contribution in [3.8, 4) is 0 Å². The summed E-state index contributed by atoms with van der Waals surface area (Å²) in [6.45, 7) is 5.72. The van der Waals surface area contributed by atoms with E-state index in [4.69, 9.17) is 0 Å². The van der Waals surface area contributed by atoms with Gasteiger partial charge in [-0.15, -0.1) is 0 Å². The minimum absolute atomic E-state index is 0.635. The molecule has 17 heavy (non-hydrogen) atoms. The van der Waals surface area contributed by atoms with Crippen molar-refractivity contribution < 1.29 is 0 Å². The van der Waals surface area contributed by atoms with Crippen molar-refractivity contribution in [2.24, 2.45) is 5.92 Å². The molecule has 2 atom stereocenters. The Labute approximate surface area is 107 Å². The van der Waals surface area contributed by atoms with Crippen LogP contribution in [0.5, 0.6) is 0 Å². The molecule has 0 aliphatic heterocycles. The smallest absolute Gasteiger partial charge is 0.0136 e. The lowest BCUT2D eigenvalue weighted by atomic mass is 9.77. The molecule has 0 saturated heterocycles.